The Bertz CT molecular complexity index is 556. The molecule has 0 fully saturated rings. The largest absolute Gasteiger partial charge is 0.435 e. The summed E-state index contributed by atoms with van der Waals surface area (Å²) >= 11 is 0. The van der Waals surface area contributed by atoms with Gasteiger partial charge in [0.1, 0.15) is 0 Å². The van der Waals surface area contributed by atoms with Crippen molar-refractivity contribution in [2.75, 3.05) is 6.54 Å². The fraction of sp³-hybridized carbons (Fsp3) is 0.733. The van der Waals surface area contributed by atoms with Crippen LogP contribution in [-0.4, -0.2) is 22.2 Å². The van der Waals surface area contributed by atoms with E-state index in [0.29, 0.717) is 24.1 Å². The van der Waals surface area contributed by atoms with Crippen LogP contribution in [0.4, 0.5) is 13.2 Å². The van der Waals surface area contributed by atoms with E-state index in [1.807, 2.05) is 0 Å². The van der Waals surface area contributed by atoms with Crippen molar-refractivity contribution < 1.29 is 18.0 Å². The van der Waals surface area contributed by atoms with Crippen molar-refractivity contribution in [1.82, 2.24) is 15.1 Å². The Kier molecular flexibility index (Phi) is 4.54. The minimum Gasteiger partial charge on any atom is -0.354 e. The number of nitrogens with one attached hydrogen (secondary N) is 1. The summed E-state index contributed by atoms with van der Waals surface area (Å²) in [5, 5.41) is 6.51. The van der Waals surface area contributed by atoms with Crippen molar-refractivity contribution in [3.8, 4) is 0 Å². The lowest BCUT2D eigenvalue weighted by Gasteiger charge is -2.18. The smallest absolute Gasteiger partial charge is 0.354 e. The van der Waals surface area contributed by atoms with Crippen LogP contribution in [0.3, 0.4) is 0 Å². The molecule has 0 unspecified atom stereocenters. The molecule has 0 spiro atoms. The van der Waals surface area contributed by atoms with Gasteiger partial charge in [0, 0.05) is 23.2 Å². The van der Waals surface area contributed by atoms with Crippen LogP contribution >= 0.6 is 0 Å². The number of fused-ring (bicyclic) bond motifs is 1. The van der Waals surface area contributed by atoms with E-state index in [1.54, 1.807) is 20.8 Å². The molecule has 1 amide bonds. The summed E-state index contributed by atoms with van der Waals surface area (Å²) in [5.74, 6) is -0.121. The Morgan fingerprint density at radius 3 is 2.45 bits per heavy atom. The fourth-order valence-electron chi connectivity index (χ4n) is 2.62. The SMILES string of the molecule is CC(C)(C)C(=O)NCCn1nc(C(F)(F)F)c2c1CCCC2. The van der Waals surface area contributed by atoms with Gasteiger partial charge in [-0.2, -0.15) is 18.3 Å². The molecule has 2 rings (SSSR count). The van der Waals surface area contributed by atoms with Gasteiger partial charge in [-0.15, -0.1) is 0 Å². The normalized spacial score (nSPS) is 15.5. The number of aromatic nitrogens is 2. The third-order valence-electron chi connectivity index (χ3n) is 3.82. The van der Waals surface area contributed by atoms with Crippen LogP contribution in [0.2, 0.25) is 0 Å². The summed E-state index contributed by atoms with van der Waals surface area (Å²) in [7, 11) is 0. The van der Waals surface area contributed by atoms with Crippen molar-refractivity contribution in [2.24, 2.45) is 5.41 Å². The minimum absolute atomic E-state index is 0.121. The first-order chi connectivity index (χ1) is 10.1. The number of hydrogen-bond donors (Lipinski definition) is 1. The number of alkyl halides is 3. The Morgan fingerprint density at radius 2 is 1.86 bits per heavy atom. The Labute approximate surface area is 128 Å². The van der Waals surface area contributed by atoms with Gasteiger partial charge < -0.3 is 5.32 Å². The zero-order chi connectivity index (χ0) is 16.5. The first-order valence-electron chi connectivity index (χ1n) is 7.55. The van der Waals surface area contributed by atoms with E-state index in [1.165, 1.54) is 4.68 Å². The van der Waals surface area contributed by atoms with Gasteiger partial charge in [0.15, 0.2) is 5.69 Å². The van der Waals surface area contributed by atoms with Gasteiger partial charge in [-0.25, -0.2) is 0 Å². The number of halogens is 3. The van der Waals surface area contributed by atoms with Crippen LogP contribution in [0.25, 0.3) is 0 Å². The average Bonchev–Trinajstić information content (AvgIpc) is 2.77. The standard InChI is InChI=1S/C15H22F3N3O/c1-14(2,3)13(22)19-8-9-21-11-7-5-4-6-10(11)12(20-21)15(16,17)18/h4-9H2,1-3H3,(H,19,22). The first kappa shape index (κ1) is 16.8. The Hall–Kier alpha value is -1.53. The molecule has 0 atom stereocenters. The second-order valence-corrected chi connectivity index (χ2v) is 6.71. The van der Waals surface area contributed by atoms with Crippen molar-refractivity contribution in [3.63, 3.8) is 0 Å². The molecule has 0 bridgehead atoms. The maximum absolute atomic E-state index is 13.1. The second kappa shape index (κ2) is 5.93. The molecule has 1 heterocycles. The van der Waals surface area contributed by atoms with Crippen molar-refractivity contribution in [2.45, 2.75) is 59.2 Å². The van der Waals surface area contributed by atoms with Gasteiger partial charge in [-0.1, -0.05) is 20.8 Å². The molecule has 0 saturated carbocycles. The van der Waals surface area contributed by atoms with E-state index in [0.717, 1.165) is 12.8 Å². The van der Waals surface area contributed by atoms with Crippen LogP contribution < -0.4 is 5.32 Å². The molecule has 0 aromatic carbocycles. The third-order valence-corrected chi connectivity index (χ3v) is 3.82. The lowest BCUT2D eigenvalue weighted by atomic mass is 9.95. The zero-order valence-corrected chi connectivity index (χ0v) is 13.2. The van der Waals surface area contributed by atoms with E-state index in [4.69, 9.17) is 0 Å². The molecule has 22 heavy (non-hydrogen) atoms. The Morgan fingerprint density at radius 1 is 1.23 bits per heavy atom. The number of carbonyl (C=O) groups is 1. The van der Waals surface area contributed by atoms with Crippen molar-refractivity contribution in [1.29, 1.82) is 0 Å². The summed E-state index contributed by atoms with van der Waals surface area (Å²) in [5.41, 5.74) is -0.269. The van der Waals surface area contributed by atoms with E-state index in [-0.39, 0.29) is 19.0 Å². The van der Waals surface area contributed by atoms with Gasteiger partial charge >= 0.3 is 6.18 Å². The molecule has 0 saturated heterocycles. The Balaban J connectivity index is 2.12. The maximum Gasteiger partial charge on any atom is 0.435 e. The van der Waals surface area contributed by atoms with Crippen LogP contribution in [0, 0.1) is 5.41 Å². The zero-order valence-electron chi connectivity index (χ0n) is 13.2. The molecule has 1 aromatic heterocycles. The number of hydrogen-bond acceptors (Lipinski definition) is 2. The number of nitrogens with zero attached hydrogens (tertiary/aromatic N) is 2. The molecular weight excluding hydrogens is 295 g/mol. The van der Waals surface area contributed by atoms with Gasteiger partial charge in [0.25, 0.3) is 0 Å². The topological polar surface area (TPSA) is 46.9 Å². The average molecular weight is 317 g/mol. The van der Waals surface area contributed by atoms with E-state index >= 15 is 0 Å². The minimum atomic E-state index is -4.42. The van der Waals surface area contributed by atoms with Gasteiger partial charge in [-0.3, -0.25) is 9.48 Å². The third kappa shape index (κ3) is 3.62. The molecule has 7 heteroatoms. The van der Waals surface area contributed by atoms with Crippen molar-refractivity contribution >= 4 is 5.91 Å². The number of rotatable bonds is 3. The monoisotopic (exact) mass is 317 g/mol. The van der Waals surface area contributed by atoms with E-state index < -0.39 is 17.3 Å². The van der Waals surface area contributed by atoms with Gasteiger partial charge in [0.2, 0.25) is 5.91 Å². The summed E-state index contributed by atoms with van der Waals surface area (Å²) in [6.07, 6.45) is -1.72. The quantitative estimate of drug-likeness (QED) is 0.932. The van der Waals surface area contributed by atoms with Gasteiger partial charge in [-0.05, 0) is 25.7 Å². The van der Waals surface area contributed by atoms with E-state index in [2.05, 4.69) is 10.4 Å². The number of carbonyl (C=O) groups excluding carboxylic acids is 1. The van der Waals surface area contributed by atoms with Crippen LogP contribution in [0.1, 0.15) is 50.6 Å². The predicted octanol–water partition coefficient (Wildman–Crippen LogP) is 2.94. The first-order valence-corrected chi connectivity index (χ1v) is 7.55. The lowest BCUT2D eigenvalue weighted by molar-refractivity contribution is -0.142. The van der Waals surface area contributed by atoms with Crippen LogP contribution in [-0.2, 0) is 30.4 Å². The molecule has 1 aliphatic carbocycles. The number of amides is 1. The molecule has 0 aliphatic heterocycles. The summed E-state index contributed by atoms with van der Waals surface area (Å²) in [6.45, 7) is 5.92. The van der Waals surface area contributed by atoms with Crippen LogP contribution in [0.5, 0.6) is 0 Å². The highest BCUT2D eigenvalue weighted by atomic mass is 19.4. The molecule has 1 N–H and O–H groups in total. The highest BCUT2D eigenvalue weighted by molar-refractivity contribution is 5.81. The second-order valence-electron chi connectivity index (χ2n) is 6.71. The van der Waals surface area contributed by atoms with E-state index in [9.17, 15) is 18.0 Å². The fourth-order valence-corrected chi connectivity index (χ4v) is 2.62. The summed E-state index contributed by atoms with van der Waals surface area (Å²) in [4.78, 5) is 11.8. The molecule has 0 radical (unpaired) electrons. The van der Waals surface area contributed by atoms with Crippen molar-refractivity contribution in [3.05, 3.63) is 17.0 Å². The molecule has 1 aliphatic rings. The maximum atomic E-state index is 13.1. The molecule has 124 valence electrons. The lowest BCUT2D eigenvalue weighted by Crippen LogP contribution is -2.36. The predicted molar refractivity (Wildman–Crippen MR) is 76.3 cm³/mol. The highest BCUT2D eigenvalue weighted by Crippen LogP contribution is 2.35. The molecular formula is C15H22F3N3O. The molecule has 4 nitrogen and oxygen atoms in total. The summed E-state index contributed by atoms with van der Waals surface area (Å²) in [6, 6.07) is 0. The molecule has 1 aromatic rings. The van der Waals surface area contributed by atoms with Gasteiger partial charge in [0.05, 0.1) is 6.54 Å². The summed E-state index contributed by atoms with van der Waals surface area (Å²) < 4.78 is 40.6. The van der Waals surface area contributed by atoms with Crippen LogP contribution in [0.15, 0.2) is 0 Å². The highest BCUT2D eigenvalue weighted by Gasteiger charge is 2.39.